The van der Waals surface area contributed by atoms with Crippen molar-refractivity contribution in [3.8, 4) is 0 Å². The Bertz CT molecular complexity index is 87.3. The molecule has 0 amide bonds. The van der Waals surface area contributed by atoms with Crippen molar-refractivity contribution in [3.05, 3.63) is 12.2 Å². The lowest BCUT2D eigenvalue weighted by Crippen LogP contribution is -2.06. The first-order chi connectivity index (χ1) is 4.85. The molecule has 1 atom stereocenters. The summed E-state index contributed by atoms with van der Waals surface area (Å²) < 4.78 is 5.15. The second-order valence-electron chi connectivity index (χ2n) is 2.13. The van der Waals surface area contributed by atoms with Crippen LogP contribution in [0.3, 0.4) is 0 Å². The number of ether oxygens (including phenoxy) is 1. The molecule has 60 valence electrons. The third-order valence-corrected chi connectivity index (χ3v) is 1.62. The SMILES string of the molecule is CCC(C/C=C/CCl)OC. The van der Waals surface area contributed by atoms with Gasteiger partial charge in [0.05, 0.1) is 6.10 Å². The standard InChI is InChI=1S/C8H15ClO/c1-3-8(10-2)6-4-5-7-9/h4-5,8H,3,6-7H2,1-2H3/b5-4+. The summed E-state index contributed by atoms with van der Waals surface area (Å²) in [5.41, 5.74) is 0. The fourth-order valence-electron chi connectivity index (χ4n) is 0.741. The van der Waals surface area contributed by atoms with Crippen molar-refractivity contribution in [2.45, 2.75) is 25.9 Å². The number of methoxy groups -OCH3 is 1. The van der Waals surface area contributed by atoms with E-state index in [1.807, 2.05) is 6.08 Å². The monoisotopic (exact) mass is 162 g/mol. The summed E-state index contributed by atoms with van der Waals surface area (Å²) in [6.07, 6.45) is 6.40. The Balaban J connectivity index is 3.34. The van der Waals surface area contributed by atoms with Crippen LogP contribution in [0.5, 0.6) is 0 Å². The number of rotatable bonds is 5. The largest absolute Gasteiger partial charge is 0.381 e. The van der Waals surface area contributed by atoms with E-state index in [-0.39, 0.29) is 0 Å². The van der Waals surface area contributed by atoms with Crippen LogP contribution >= 0.6 is 11.6 Å². The van der Waals surface area contributed by atoms with Crippen LogP contribution < -0.4 is 0 Å². The molecule has 1 unspecified atom stereocenters. The highest BCUT2D eigenvalue weighted by Gasteiger charge is 1.98. The molecule has 0 aliphatic carbocycles. The van der Waals surface area contributed by atoms with Gasteiger partial charge >= 0.3 is 0 Å². The molecule has 0 heterocycles. The fourth-order valence-corrected chi connectivity index (χ4v) is 0.867. The number of alkyl halides is 1. The van der Waals surface area contributed by atoms with Crippen molar-refractivity contribution in [2.24, 2.45) is 0 Å². The van der Waals surface area contributed by atoms with Crippen LogP contribution in [0.2, 0.25) is 0 Å². The first-order valence-electron chi connectivity index (χ1n) is 3.58. The van der Waals surface area contributed by atoms with Crippen molar-refractivity contribution >= 4 is 11.6 Å². The summed E-state index contributed by atoms with van der Waals surface area (Å²) in [7, 11) is 1.74. The summed E-state index contributed by atoms with van der Waals surface area (Å²) in [4.78, 5) is 0. The lowest BCUT2D eigenvalue weighted by atomic mass is 10.2. The molecular formula is C8H15ClO. The van der Waals surface area contributed by atoms with E-state index < -0.39 is 0 Å². The molecular weight excluding hydrogens is 148 g/mol. The Labute approximate surface area is 68.0 Å². The molecule has 2 heteroatoms. The van der Waals surface area contributed by atoms with E-state index in [1.54, 1.807) is 7.11 Å². The highest BCUT2D eigenvalue weighted by molar-refractivity contribution is 6.18. The molecule has 0 radical (unpaired) electrons. The van der Waals surface area contributed by atoms with Crippen LogP contribution in [0.15, 0.2) is 12.2 Å². The summed E-state index contributed by atoms with van der Waals surface area (Å²) in [6, 6.07) is 0. The van der Waals surface area contributed by atoms with Crippen molar-refractivity contribution in [3.63, 3.8) is 0 Å². The molecule has 0 saturated heterocycles. The topological polar surface area (TPSA) is 9.23 Å². The van der Waals surface area contributed by atoms with Gasteiger partial charge in [0.1, 0.15) is 0 Å². The molecule has 0 bridgehead atoms. The number of hydrogen-bond acceptors (Lipinski definition) is 1. The number of allylic oxidation sites excluding steroid dienone is 1. The fraction of sp³-hybridized carbons (Fsp3) is 0.750. The lowest BCUT2D eigenvalue weighted by molar-refractivity contribution is 0.102. The van der Waals surface area contributed by atoms with Gasteiger partial charge in [0.2, 0.25) is 0 Å². The van der Waals surface area contributed by atoms with Crippen molar-refractivity contribution in [1.29, 1.82) is 0 Å². The van der Waals surface area contributed by atoms with E-state index >= 15 is 0 Å². The van der Waals surface area contributed by atoms with Crippen LogP contribution in [0.4, 0.5) is 0 Å². The van der Waals surface area contributed by atoms with E-state index in [9.17, 15) is 0 Å². The van der Waals surface area contributed by atoms with Crippen LogP contribution in [-0.2, 0) is 4.74 Å². The van der Waals surface area contributed by atoms with Crippen LogP contribution in [0, 0.1) is 0 Å². The zero-order valence-corrected chi connectivity index (χ0v) is 7.40. The Kier molecular flexibility index (Phi) is 7.09. The lowest BCUT2D eigenvalue weighted by Gasteiger charge is -2.08. The Hall–Kier alpha value is -0.0100. The van der Waals surface area contributed by atoms with Crippen molar-refractivity contribution in [2.75, 3.05) is 13.0 Å². The molecule has 0 N–H and O–H groups in total. The molecule has 0 aromatic rings. The molecule has 0 aliphatic rings. The van der Waals surface area contributed by atoms with Crippen molar-refractivity contribution in [1.82, 2.24) is 0 Å². The van der Waals surface area contributed by atoms with Crippen LogP contribution in [0.1, 0.15) is 19.8 Å². The molecule has 0 spiro atoms. The average molecular weight is 163 g/mol. The minimum absolute atomic E-state index is 0.361. The maximum absolute atomic E-state index is 5.44. The van der Waals surface area contributed by atoms with E-state index in [0.717, 1.165) is 12.8 Å². The Morgan fingerprint density at radius 2 is 2.20 bits per heavy atom. The number of halogens is 1. The second kappa shape index (κ2) is 7.10. The van der Waals surface area contributed by atoms with E-state index in [2.05, 4.69) is 13.0 Å². The first-order valence-corrected chi connectivity index (χ1v) is 4.12. The van der Waals surface area contributed by atoms with Gasteiger partial charge in [-0.3, -0.25) is 0 Å². The van der Waals surface area contributed by atoms with Gasteiger partial charge in [0, 0.05) is 13.0 Å². The molecule has 0 fully saturated rings. The second-order valence-corrected chi connectivity index (χ2v) is 2.44. The average Bonchev–Trinajstić information content (AvgIpc) is 1.99. The predicted molar refractivity (Wildman–Crippen MR) is 45.6 cm³/mol. The van der Waals surface area contributed by atoms with Gasteiger partial charge in [-0.15, -0.1) is 11.6 Å². The Morgan fingerprint density at radius 3 is 2.60 bits per heavy atom. The molecule has 0 saturated carbocycles. The van der Waals surface area contributed by atoms with Gasteiger partial charge in [0.25, 0.3) is 0 Å². The summed E-state index contributed by atoms with van der Waals surface area (Å²) >= 11 is 5.44. The Morgan fingerprint density at radius 1 is 1.50 bits per heavy atom. The molecule has 0 aromatic carbocycles. The summed E-state index contributed by atoms with van der Waals surface area (Å²) in [5, 5.41) is 0. The third kappa shape index (κ3) is 4.83. The highest BCUT2D eigenvalue weighted by atomic mass is 35.5. The zero-order valence-electron chi connectivity index (χ0n) is 6.64. The molecule has 0 aliphatic heterocycles. The maximum Gasteiger partial charge on any atom is 0.0603 e. The quantitative estimate of drug-likeness (QED) is 0.446. The van der Waals surface area contributed by atoms with Crippen LogP contribution in [-0.4, -0.2) is 19.1 Å². The van der Waals surface area contributed by atoms with Gasteiger partial charge in [-0.05, 0) is 12.8 Å². The van der Waals surface area contributed by atoms with E-state index in [0.29, 0.717) is 12.0 Å². The van der Waals surface area contributed by atoms with E-state index in [4.69, 9.17) is 16.3 Å². The molecule has 0 aromatic heterocycles. The third-order valence-electron chi connectivity index (χ3n) is 1.44. The summed E-state index contributed by atoms with van der Waals surface area (Å²) in [6.45, 7) is 2.11. The van der Waals surface area contributed by atoms with Gasteiger partial charge in [-0.25, -0.2) is 0 Å². The molecule has 1 nitrogen and oxygen atoms in total. The molecule has 0 rings (SSSR count). The number of hydrogen-bond donors (Lipinski definition) is 0. The predicted octanol–water partition coefficient (Wildman–Crippen LogP) is 2.60. The van der Waals surface area contributed by atoms with Crippen LogP contribution in [0.25, 0.3) is 0 Å². The van der Waals surface area contributed by atoms with Gasteiger partial charge in [0.15, 0.2) is 0 Å². The minimum atomic E-state index is 0.361. The summed E-state index contributed by atoms with van der Waals surface area (Å²) in [5.74, 6) is 0.597. The maximum atomic E-state index is 5.44. The van der Waals surface area contributed by atoms with Gasteiger partial charge in [-0.2, -0.15) is 0 Å². The van der Waals surface area contributed by atoms with E-state index in [1.165, 1.54) is 0 Å². The highest BCUT2D eigenvalue weighted by Crippen LogP contribution is 2.02. The minimum Gasteiger partial charge on any atom is -0.381 e. The molecule has 10 heavy (non-hydrogen) atoms. The smallest absolute Gasteiger partial charge is 0.0603 e. The first kappa shape index (κ1) is 9.99. The normalized spacial score (nSPS) is 14.3. The van der Waals surface area contributed by atoms with Gasteiger partial charge in [-0.1, -0.05) is 19.1 Å². The zero-order chi connectivity index (χ0) is 7.82. The van der Waals surface area contributed by atoms with Crippen molar-refractivity contribution < 1.29 is 4.74 Å². The van der Waals surface area contributed by atoms with Gasteiger partial charge < -0.3 is 4.74 Å².